The summed E-state index contributed by atoms with van der Waals surface area (Å²) in [6, 6.07) is 5.49. The van der Waals surface area contributed by atoms with E-state index < -0.39 is 0 Å². The van der Waals surface area contributed by atoms with Crippen molar-refractivity contribution in [3.05, 3.63) is 34.1 Å². The maximum atomic E-state index is 13.2. The minimum absolute atomic E-state index is 0.0188. The van der Waals surface area contributed by atoms with Crippen molar-refractivity contribution in [3.8, 4) is 0 Å². The first-order valence-electron chi connectivity index (χ1n) is 6.36. The van der Waals surface area contributed by atoms with E-state index in [4.69, 9.17) is 4.74 Å². The molecule has 1 saturated heterocycles. The SMILES string of the molecule is CC(C)CC1COC(c2ccc(F)c(Br)c2)CN1. The fraction of sp³-hybridized carbons (Fsp3) is 0.571. The van der Waals surface area contributed by atoms with Crippen LogP contribution in [-0.2, 0) is 4.74 Å². The van der Waals surface area contributed by atoms with E-state index in [-0.39, 0.29) is 11.9 Å². The zero-order valence-electron chi connectivity index (χ0n) is 10.7. The van der Waals surface area contributed by atoms with Gasteiger partial charge in [-0.1, -0.05) is 19.9 Å². The topological polar surface area (TPSA) is 21.3 Å². The van der Waals surface area contributed by atoms with Crippen LogP contribution in [0.2, 0.25) is 0 Å². The molecule has 2 nitrogen and oxygen atoms in total. The third-order valence-corrected chi connectivity index (χ3v) is 3.77. The number of ether oxygens (including phenoxy) is 1. The molecule has 100 valence electrons. The van der Waals surface area contributed by atoms with Crippen LogP contribution in [0.15, 0.2) is 22.7 Å². The van der Waals surface area contributed by atoms with E-state index in [0.29, 0.717) is 16.4 Å². The highest BCUT2D eigenvalue weighted by Crippen LogP contribution is 2.25. The Morgan fingerprint density at radius 3 is 2.83 bits per heavy atom. The number of hydrogen-bond donors (Lipinski definition) is 1. The molecule has 2 atom stereocenters. The lowest BCUT2D eigenvalue weighted by atomic mass is 10.0. The lowest BCUT2D eigenvalue weighted by molar-refractivity contribution is -0.00137. The number of nitrogens with one attached hydrogen (secondary N) is 1. The molecular formula is C14H19BrFNO. The van der Waals surface area contributed by atoms with Crippen molar-refractivity contribution in [2.75, 3.05) is 13.2 Å². The van der Waals surface area contributed by atoms with Gasteiger partial charge >= 0.3 is 0 Å². The summed E-state index contributed by atoms with van der Waals surface area (Å²) in [5, 5.41) is 3.50. The molecule has 1 N–H and O–H groups in total. The van der Waals surface area contributed by atoms with Gasteiger partial charge in [-0.25, -0.2) is 4.39 Å². The van der Waals surface area contributed by atoms with Crippen LogP contribution in [-0.4, -0.2) is 19.2 Å². The molecule has 2 unspecified atom stereocenters. The number of halogens is 2. The van der Waals surface area contributed by atoms with Crippen molar-refractivity contribution < 1.29 is 9.13 Å². The molecule has 0 spiro atoms. The predicted molar refractivity (Wildman–Crippen MR) is 74.0 cm³/mol. The smallest absolute Gasteiger partial charge is 0.137 e. The van der Waals surface area contributed by atoms with Gasteiger partial charge in [-0.15, -0.1) is 0 Å². The predicted octanol–water partition coefficient (Wildman–Crippen LogP) is 3.66. The van der Waals surface area contributed by atoms with Crippen LogP contribution in [0.25, 0.3) is 0 Å². The van der Waals surface area contributed by atoms with E-state index in [1.54, 1.807) is 12.1 Å². The summed E-state index contributed by atoms with van der Waals surface area (Å²) in [4.78, 5) is 0. The fourth-order valence-corrected chi connectivity index (χ4v) is 2.67. The summed E-state index contributed by atoms with van der Waals surface area (Å²) < 4.78 is 19.5. The van der Waals surface area contributed by atoms with E-state index >= 15 is 0 Å². The first-order chi connectivity index (χ1) is 8.56. The molecule has 0 bridgehead atoms. The Kier molecular flexibility index (Phi) is 4.76. The van der Waals surface area contributed by atoms with Gasteiger partial charge in [0, 0.05) is 12.6 Å². The van der Waals surface area contributed by atoms with Gasteiger partial charge < -0.3 is 10.1 Å². The summed E-state index contributed by atoms with van der Waals surface area (Å²) in [5.74, 6) is 0.433. The van der Waals surface area contributed by atoms with E-state index in [9.17, 15) is 4.39 Å². The second kappa shape index (κ2) is 6.13. The molecule has 1 aliphatic heterocycles. The molecule has 2 rings (SSSR count). The summed E-state index contributed by atoms with van der Waals surface area (Å²) in [5.41, 5.74) is 1.01. The molecule has 0 amide bonds. The van der Waals surface area contributed by atoms with E-state index in [1.165, 1.54) is 6.07 Å². The van der Waals surface area contributed by atoms with Crippen molar-refractivity contribution in [3.63, 3.8) is 0 Å². The monoisotopic (exact) mass is 315 g/mol. The van der Waals surface area contributed by atoms with Crippen LogP contribution < -0.4 is 5.32 Å². The minimum Gasteiger partial charge on any atom is -0.371 e. The quantitative estimate of drug-likeness (QED) is 0.919. The van der Waals surface area contributed by atoms with Gasteiger partial charge in [-0.05, 0) is 46.0 Å². The van der Waals surface area contributed by atoms with Crippen molar-refractivity contribution in [1.29, 1.82) is 0 Å². The van der Waals surface area contributed by atoms with Crippen molar-refractivity contribution in [2.45, 2.75) is 32.4 Å². The molecular weight excluding hydrogens is 297 g/mol. The van der Waals surface area contributed by atoms with E-state index in [0.717, 1.165) is 25.1 Å². The lowest BCUT2D eigenvalue weighted by Crippen LogP contribution is -2.43. The molecule has 1 heterocycles. The van der Waals surface area contributed by atoms with Gasteiger partial charge in [-0.3, -0.25) is 0 Å². The van der Waals surface area contributed by atoms with Gasteiger partial charge in [0.15, 0.2) is 0 Å². The molecule has 0 radical (unpaired) electrons. The van der Waals surface area contributed by atoms with Crippen LogP contribution >= 0.6 is 15.9 Å². The highest BCUT2D eigenvalue weighted by molar-refractivity contribution is 9.10. The van der Waals surface area contributed by atoms with Crippen LogP contribution in [0.3, 0.4) is 0 Å². The molecule has 4 heteroatoms. The number of morpholine rings is 1. The van der Waals surface area contributed by atoms with Crippen LogP contribution in [0.4, 0.5) is 4.39 Å². The number of benzene rings is 1. The third kappa shape index (κ3) is 3.53. The van der Waals surface area contributed by atoms with Gasteiger partial charge in [0.05, 0.1) is 17.2 Å². The number of hydrogen-bond acceptors (Lipinski definition) is 2. The van der Waals surface area contributed by atoms with Gasteiger partial charge in [0.2, 0.25) is 0 Å². The molecule has 0 aromatic heterocycles. The Morgan fingerprint density at radius 2 is 2.28 bits per heavy atom. The van der Waals surface area contributed by atoms with Crippen LogP contribution in [0.5, 0.6) is 0 Å². The fourth-order valence-electron chi connectivity index (χ4n) is 2.27. The van der Waals surface area contributed by atoms with Gasteiger partial charge in [0.25, 0.3) is 0 Å². The van der Waals surface area contributed by atoms with Crippen molar-refractivity contribution in [1.82, 2.24) is 5.32 Å². The van der Waals surface area contributed by atoms with Gasteiger partial charge in [-0.2, -0.15) is 0 Å². The first kappa shape index (κ1) is 14.0. The molecule has 1 aliphatic rings. The second-order valence-corrected chi connectivity index (χ2v) is 6.08. The summed E-state index contributed by atoms with van der Waals surface area (Å²) in [6.07, 6.45) is 1.14. The second-order valence-electron chi connectivity index (χ2n) is 5.23. The molecule has 1 aromatic rings. The van der Waals surface area contributed by atoms with Crippen molar-refractivity contribution >= 4 is 15.9 Å². The maximum Gasteiger partial charge on any atom is 0.137 e. The molecule has 0 saturated carbocycles. The highest BCUT2D eigenvalue weighted by Gasteiger charge is 2.23. The Bertz CT molecular complexity index is 403. The average molecular weight is 316 g/mol. The highest BCUT2D eigenvalue weighted by atomic mass is 79.9. The zero-order chi connectivity index (χ0) is 13.1. The Hall–Kier alpha value is -0.450. The Morgan fingerprint density at radius 1 is 1.50 bits per heavy atom. The summed E-state index contributed by atoms with van der Waals surface area (Å²) in [7, 11) is 0. The molecule has 1 aromatic carbocycles. The van der Waals surface area contributed by atoms with Crippen LogP contribution in [0.1, 0.15) is 31.9 Å². The van der Waals surface area contributed by atoms with Crippen molar-refractivity contribution in [2.24, 2.45) is 5.92 Å². The zero-order valence-corrected chi connectivity index (χ0v) is 12.3. The maximum absolute atomic E-state index is 13.2. The van der Waals surface area contributed by atoms with E-state index in [1.807, 2.05) is 0 Å². The van der Waals surface area contributed by atoms with E-state index in [2.05, 4.69) is 35.1 Å². The molecule has 0 aliphatic carbocycles. The largest absolute Gasteiger partial charge is 0.371 e. The summed E-state index contributed by atoms with van der Waals surface area (Å²) in [6.45, 7) is 5.93. The number of rotatable bonds is 3. The average Bonchev–Trinajstić information content (AvgIpc) is 2.33. The standard InChI is InChI=1S/C14H19BrFNO/c1-9(2)5-11-8-18-14(7-17-11)10-3-4-13(16)12(15)6-10/h3-4,6,9,11,14,17H,5,7-8H2,1-2H3. The lowest BCUT2D eigenvalue weighted by Gasteiger charge is -2.31. The Labute approximate surface area is 116 Å². The molecule has 1 fully saturated rings. The normalized spacial score (nSPS) is 24.5. The first-order valence-corrected chi connectivity index (χ1v) is 7.15. The third-order valence-electron chi connectivity index (χ3n) is 3.16. The molecule has 18 heavy (non-hydrogen) atoms. The summed E-state index contributed by atoms with van der Waals surface area (Å²) >= 11 is 3.21. The Balaban J connectivity index is 1.94. The van der Waals surface area contributed by atoms with Gasteiger partial charge in [0.1, 0.15) is 5.82 Å². The minimum atomic E-state index is -0.236. The van der Waals surface area contributed by atoms with Crippen LogP contribution in [0, 0.1) is 11.7 Å².